The van der Waals surface area contributed by atoms with Crippen molar-refractivity contribution in [2.75, 3.05) is 40.3 Å². The summed E-state index contributed by atoms with van der Waals surface area (Å²) in [6.45, 7) is 2.40. The van der Waals surface area contributed by atoms with Crippen molar-refractivity contribution in [3.05, 3.63) is 0 Å². The van der Waals surface area contributed by atoms with E-state index in [0.717, 1.165) is 25.8 Å². The van der Waals surface area contributed by atoms with Gasteiger partial charge in [-0.3, -0.25) is 0 Å². The highest BCUT2D eigenvalue weighted by Gasteiger charge is 2.39. The van der Waals surface area contributed by atoms with Gasteiger partial charge in [0.05, 0.1) is 12.2 Å². The van der Waals surface area contributed by atoms with Crippen LogP contribution in [0, 0.1) is 0 Å². The van der Waals surface area contributed by atoms with Gasteiger partial charge in [-0.05, 0) is 32.9 Å². The zero-order valence-electron chi connectivity index (χ0n) is 11.1. The van der Waals surface area contributed by atoms with Gasteiger partial charge in [-0.1, -0.05) is 0 Å². The first-order valence-corrected chi connectivity index (χ1v) is 7.95. The fourth-order valence-electron chi connectivity index (χ4n) is 2.56. The third-order valence-electron chi connectivity index (χ3n) is 3.63. The summed E-state index contributed by atoms with van der Waals surface area (Å²) in [6.07, 6.45) is 3.00. The first-order chi connectivity index (χ1) is 8.54. The Morgan fingerprint density at radius 2 is 1.94 bits per heavy atom. The number of nitrogens with zero attached hydrogens (tertiary/aromatic N) is 2. The number of fused-ring (bicyclic) bond motifs is 2. The molecule has 0 aromatic rings. The van der Waals surface area contributed by atoms with Crippen LogP contribution in [0.4, 0.5) is 0 Å². The molecule has 1 N–H and O–H groups in total. The second-order valence-corrected chi connectivity index (χ2v) is 7.10. The molecular formula is C11H23N3O3S. The van der Waals surface area contributed by atoms with E-state index in [9.17, 15) is 8.42 Å². The van der Waals surface area contributed by atoms with Gasteiger partial charge in [-0.15, -0.1) is 0 Å². The Hall–Kier alpha value is -0.210. The molecular weight excluding hydrogens is 254 g/mol. The molecule has 0 spiro atoms. The van der Waals surface area contributed by atoms with Gasteiger partial charge in [0.25, 0.3) is 10.2 Å². The Labute approximate surface area is 109 Å². The minimum atomic E-state index is -3.31. The van der Waals surface area contributed by atoms with Crippen LogP contribution in [-0.2, 0) is 14.9 Å². The molecule has 0 aliphatic carbocycles. The van der Waals surface area contributed by atoms with Gasteiger partial charge in [0.1, 0.15) is 0 Å². The number of rotatable bonds is 6. The maximum atomic E-state index is 12.4. The van der Waals surface area contributed by atoms with E-state index in [-0.39, 0.29) is 12.2 Å². The molecule has 2 rings (SSSR count). The van der Waals surface area contributed by atoms with Gasteiger partial charge >= 0.3 is 0 Å². The Morgan fingerprint density at radius 1 is 1.33 bits per heavy atom. The lowest BCUT2D eigenvalue weighted by Crippen LogP contribution is -2.50. The summed E-state index contributed by atoms with van der Waals surface area (Å²) in [5.41, 5.74) is 0. The summed E-state index contributed by atoms with van der Waals surface area (Å²) in [5.74, 6) is 0. The van der Waals surface area contributed by atoms with Crippen molar-refractivity contribution >= 4 is 10.2 Å². The van der Waals surface area contributed by atoms with Crippen molar-refractivity contribution in [1.82, 2.24) is 13.9 Å². The van der Waals surface area contributed by atoms with E-state index in [2.05, 4.69) is 5.32 Å². The molecule has 0 radical (unpaired) electrons. The van der Waals surface area contributed by atoms with Gasteiger partial charge in [-0.2, -0.15) is 17.0 Å². The topological polar surface area (TPSA) is 61.9 Å². The van der Waals surface area contributed by atoms with Crippen molar-refractivity contribution in [1.29, 1.82) is 0 Å². The molecule has 2 atom stereocenters. The van der Waals surface area contributed by atoms with Crippen LogP contribution in [0.3, 0.4) is 0 Å². The molecule has 2 aliphatic heterocycles. The lowest BCUT2D eigenvalue weighted by molar-refractivity contribution is -0.0129. The highest BCUT2D eigenvalue weighted by molar-refractivity contribution is 7.86. The van der Waals surface area contributed by atoms with Crippen molar-refractivity contribution in [2.24, 2.45) is 0 Å². The predicted octanol–water partition coefficient (Wildman–Crippen LogP) is -0.364. The van der Waals surface area contributed by atoms with Crippen LogP contribution in [0.15, 0.2) is 0 Å². The molecule has 2 aliphatic rings. The van der Waals surface area contributed by atoms with E-state index in [1.807, 2.05) is 7.05 Å². The Kier molecular flexibility index (Phi) is 4.60. The minimum Gasteiger partial charge on any atom is -0.372 e. The predicted molar refractivity (Wildman–Crippen MR) is 69.6 cm³/mol. The number of nitrogens with one attached hydrogen (secondary N) is 1. The van der Waals surface area contributed by atoms with Crippen LogP contribution in [0.25, 0.3) is 0 Å². The molecule has 0 aromatic heterocycles. The molecule has 2 bridgehead atoms. The van der Waals surface area contributed by atoms with E-state index in [0.29, 0.717) is 19.6 Å². The van der Waals surface area contributed by atoms with Gasteiger partial charge in [0.2, 0.25) is 0 Å². The third kappa shape index (κ3) is 3.03. The summed E-state index contributed by atoms with van der Waals surface area (Å²) in [7, 11) is 0.215. The minimum absolute atomic E-state index is 0.101. The van der Waals surface area contributed by atoms with Crippen molar-refractivity contribution < 1.29 is 13.2 Å². The normalized spacial score (nSPS) is 29.1. The Balaban J connectivity index is 1.93. The zero-order valence-corrected chi connectivity index (χ0v) is 11.9. The molecule has 2 fully saturated rings. The molecule has 2 unspecified atom stereocenters. The smallest absolute Gasteiger partial charge is 0.281 e. The lowest BCUT2D eigenvalue weighted by Gasteiger charge is -2.33. The summed E-state index contributed by atoms with van der Waals surface area (Å²) >= 11 is 0. The molecule has 7 heteroatoms. The molecule has 0 aromatic carbocycles. The first kappa shape index (κ1) is 14.2. The maximum absolute atomic E-state index is 12.4. The van der Waals surface area contributed by atoms with Crippen LogP contribution in [0.1, 0.15) is 19.3 Å². The Morgan fingerprint density at radius 3 is 2.50 bits per heavy atom. The second-order valence-electron chi connectivity index (χ2n) is 5.06. The van der Waals surface area contributed by atoms with Crippen LogP contribution in [0.2, 0.25) is 0 Å². The number of ether oxygens (including phenoxy) is 1. The van der Waals surface area contributed by atoms with Crippen molar-refractivity contribution in [2.45, 2.75) is 31.5 Å². The lowest BCUT2D eigenvalue weighted by atomic mass is 10.2. The average molecular weight is 277 g/mol. The molecule has 2 saturated heterocycles. The SMILES string of the molecule is CNCCCN(C)S(=O)(=O)N1CC2CCC(C1)O2. The van der Waals surface area contributed by atoms with E-state index < -0.39 is 10.2 Å². The highest BCUT2D eigenvalue weighted by atomic mass is 32.2. The van der Waals surface area contributed by atoms with Gasteiger partial charge in [0, 0.05) is 26.7 Å². The van der Waals surface area contributed by atoms with E-state index in [4.69, 9.17) is 4.74 Å². The van der Waals surface area contributed by atoms with Crippen LogP contribution < -0.4 is 5.32 Å². The summed E-state index contributed by atoms with van der Waals surface area (Å²) in [6, 6.07) is 0. The summed E-state index contributed by atoms with van der Waals surface area (Å²) in [4.78, 5) is 0. The summed E-state index contributed by atoms with van der Waals surface area (Å²) in [5, 5.41) is 3.02. The number of hydrogen-bond donors (Lipinski definition) is 1. The third-order valence-corrected chi connectivity index (χ3v) is 5.55. The maximum Gasteiger partial charge on any atom is 0.281 e. The fourth-order valence-corrected chi connectivity index (χ4v) is 4.02. The molecule has 6 nitrogen and oxygen atoms in total. The zero-order chi connectivity index (χ0) is 13.2. The van der Waals surface area contributed by atoms with Crippen molar-refractivity contribution in [3.8, 4) is 0 Å². The average Bonchev–Trinajstić information content (AvgIpc) is 2.68. The van der Waals surface area contributed by atoms with Gasteiger partial charge < -0.3 is 10.1 Å². The molecule has 0 amide bonds. The van der Waals surface area contributed by atoms with Crippen LogP contribution in [-0.4, -0.2) is 69.5 Å². The highest BCUT2D eigenvalue weighted by Crippen LogP contribution is 2.28. The molecule has 0 saturated carbocycles. The van der Waals surface area contributed by atoms with Crippen LogP contribution in [0.5, 0.6) is 0 Å². The van der Waals surface area contributed by atoms with E-state index in [1.54, 1.807) is 11.4 Å². The Bertz CT molecular complexity index is 362. The summed E-state index contributed by atoms with van der Waals surface area (Å²) < 4.78 is 33.5. The number of morpholine rings is 1. The second kappa shape index (κ2) is 5.83. The molecule has 2 heterocycles. The van der Waals surface area contributed by atoms with Gasteiger partial charge in [-0.25, -0.2) is 0 Å². The first-order valence-electron chi connectivity index (χ1n) is 6.55. The standard InChI is InChI=1S/C11H23N3O3S/c1-12-6-3-7-13(2)18(15,16)14-8-10-4-5-11(9-14)17-10/h10-12H,3-9H2,1-2H3. The largest absolute Gasteiger partial charge is 0.372 e. The van der Waals surface area contributed by atoms with E-state index >= 15 is 0 Å². The number of hydrogen-bond acceptors (Lipinski definition) is 4. The van der Waals surface area contributed by atoms with Crippen molar-refractivity contribution in [3.63, 3.8) is 0 Å². The van der Waals surface area contributed by atoms with Crippen LogP contribution >= 0.6 is 0 Å². The quantitative estimate of drug-likeness (QED) is 0.673. The molecule has 18 heavy (non-hydrogen) atoms. The van der Waals surface area contributed by atoms with E-state index in [1.165, 1.54) is 4.31 Å². The monoisotopic (exact) mass is 277 g/mol. The van der Waals surface area contributed by atoms with Gasteiger partial charge in [0.15, 0.2) is 0 Å². The fraction of sp³-hybridized carbons (Fsp3) is 1.00. The molecule has 106 valence electrons.